The molecule has 1 aromatic heterocycles. The van der Waals surface area contributed by atoms with Crippen molar-refractivity contribution in [3.63, 3.8) is 0 Å². The fraction of sp³-hybridized carbons (Fsp3) is 0.286. The Labute approximate surface area is 104 Å². The quantitative estimate of drug-likeness (QED) is 0.749. The number of fused-ring (bicyclic) bond motifs is 1. The molecular weight excluding hydrogens is 228 g/mol. The molecule has 18 heavy (non-hydrogen) atoms. The molecule has 1 heterocycles. The van der Waals surface area contributed by atoms with Gasteiger partial charge in [0.1, 0.15) is 0 Å². The fourth-order valence-corrected chi connectivity index (χ4v) is 2.62. The van der Waals surface area contributed by atoms with Crippen LogP contribution in [0, 0.1) is 0 Å². The van der Waals surface area contributed by atoms with Crippen molar-refractivity contribution in [1.82, 2.24) is 9.13 Å². The van der Waals surface area contributed by atoms with Gasteiger partial charge in [0.05, 0.1) is 5.69 Å². The minimum atomic E-state index is -0.258. The Kier molecular flexibility index (Phi) is 2.44. The molecule has 0 amide bonds. The number of para-hydroxylation sites is 1. The van der Waals surface area contributed by atoms with Gasteiger partial charge < -0.3 is 4.57 Å². The van der Waals surface area contributed by atoms with Crippen molar-refractivity contribution in [3.8, 4) is 5.69 Å². The predicted molar refractivity (Wildman–Crippen MR) is 69.3 cm³/mol. The smallest absolute Gasteiger partial charge is 0.300 e. The minimum Gasteiger partial charge on any atom is -0.300 e. The summed E-state index contributed by atoms with van der Waals surface area (Å²) >= 11 is 0. The van der Waals surface area contributed by atoms with Crippen LogP contribution in [0.1, 0.15) is 17.7 Å². The van der Waals surface area contributed by atoms with E-state index in [1.807, 2.05) is 18.2 Å². The Morgan fingerprint density at radius 3 is 2.50 bits per heavy atom. The van der Waals surface area contributed by atoms with Gasteiger partial charge in [-0.2, -0.15) is 0 Å². The molecule has 1 aliphatic rings. The van der Waals surface area contributed by atoms with E-state index < -0.39 is 0 Å². The second kappa shape index (κ2) is 3.98. The molecule has 0 N–H and O–H groups in total. The third-order valence-corrected chi connectivity index (χ3v) is 3.55. The molecule has 2 aromatic rings. The first-order chi connectivity index (χ1) is 8.70. The highest BCUT2D eigenvalue weighted by atomic mass is 16.2. The molecule has 0 spiro atoms. The molecule has 0 bridgehead atoms. The van der Waals surface area contributed by atoms with Gasteiger partial charge in [-0.15, -0.1) is 0 Å². The molecule has 4 nitrogen and oxygen atoms in total. The number of hydrogen-bond donors (Lipinski definition) is 0. The van der Waals surface area contributed by atoms with Gasteiger partial charge in [0.2, 0.25) is 0 Å². The van der Waals surface area contributed by atoms with E-state index in [1.165, 1.54) is 4.57 Å². The Morgan fingerprint density at radius 2 is 1.78 bits per heavy atom. The third-order valence-electron chi connectivity index (χ3n) is 3.55. The van der Waals surface area contributed by atoms with Gasteiger partial charge in [0.25, 0.3) is 5.56 Å². The molecule has 4 heteroatoms. The standard InChI is InChI=1S/C14H14N2O2/c1-15-12-9-5-8-11(12)13(17)16(14(15)18)10-6-3-2-4-7-10/h2-4,6-7H,5,8-9H2,1H3. The lowest BCUT2D eigenvalue weighted by molar-refractivity contribution is 0.697. The zero-order valence-electron chi connectivity index (χ0n) is 10.2. The van der Waals surface area contributed by atoms with Gasteiger partial charge in [-0.1, -0.05) is 18.2 Å². The molecular formula is C14H14N2O2. The highest BCUT2D eigenvalue weighted by Crippen LogP contribution is 2.16. The molecule has 92 valence electrons. The zero-order valence-corrected chi connectivity index (χ0v) is 10.2. The van der Waals surface area contributed by atoms with Crippen molar-refractivity contribution in [2.75, 3.05) is 0 Å². The second-order valence-corrected chi connectivity index (χ2v) is 4.60. The Morgan fingerprint density at radius 1 is 1.06 bits per heavy atom. The largest absolute Gasteiger partial charge is 0.335 e. The number of rotatable bonds is 1. The summed E-state index contributed by atoms with van der Waals surface area (Å²) in [4.78, 5) is 24.7. The van der Waals surface area contributed by atoms with Gasteiger partial charge in [0, 0.05) is 18.3 Å². The van der Waals surface area contributed by atoms with E-state index in [9.17, 15) is 9.59 Å². The maximum absolute atomic E-state index is 12.4. The van der Waals surface area contributed by atoms with Crippen LogP contribution in [0.25, 0.3) is 5.69 Å². The maximum atomic E-state index is 12.4. The van der Waals surface area contributed by atoms with Crippen LogP contribution >= 0.6 is 0 Å². The van der Waals surface area contributed by atoms with Crippen LogP contribution in [0.3, 0.4) is 0 Å². The van der Waals surface area contributed by atoms with Gasteiger partial charge in [0.15, 0.2) is 0 Å². The summed E-state index contributed by atoms with van der Waals surface area (Å²) in [7, 11) is 1.74. The van der Waals surface area contributed by atoms with Gasteiger partial charge in [-0.05, 0) is 31.4 Å². The van der Waals surface area contributed by atoms with Crippen LogP contribution in [0.15, 0.2) is 39.9 Å². The molecule has 0 aliphatic heterocycles. The zero-order chi connectivity index (χ0) is 12.7. The molecule has 1 aliphatic carbocycles. The summed E-state index contributed by atoms with van der Waals surface area (Å²) in [6, 6.07) is 9.09. The van der Waals surface area contributed by atoms with E-state index in [0.29, 0.717) is 5.69 Å². The van der Waals surface area contributed by atoms with E-state index in [4.69, 9.17) is 0 Å². The van der Waals surface area contributed by atoms with E-state index in [0.717, 1.165) is 30.5 Å². The van der Waals surface area contributed by atoms with Crippen molar-refractivity contribution in [1.29, 1.82) is 0 Å². The van der Waals surface area contributed by atoms with Crippen LogP contribution in [-0.4, -0.2) is 9.13 Å². The molecule has 0 radical (unpaired) electrons. The lowest BCUT2D eigenvalue weighted by Gasteiger charge is -2.11. The average molecular weight is 242 g/mol. The normalized spacial score (nSPS) is 13.6. The Hall–Kier alpha value is -2.10. The monoisotopic (exact) mass is 242 g/mol. The van der Waals surface area contributed by atoms with E-state index in [1.54, 1.807) is 23.7 Å². The number of benzene rings is 1. The van der Waals surface area contributed by atoms with Crippen molar-refractivity contribution in [3.05, 3.63) is 62.4 Å². The highest BCUT2D eigenvalue weighted by molar-refractivity contribution is 5.34. The Bertz CT molecular complexity index is 711. The SMILES string of the molecule is Cn1c2c(c(=O)n(-c3ccccc3)c1=O)CCC2. The molecule has 0 fully saturated rings. The van der Waals surface area contributed by atoms with E-state index in [-0.39, 0.29) is 11.2 Å². The topological polar surface area (TPSA) is 44.0 Å². The summed E-state index contributed by atoms with van der Waals surface area (Å²) in [5, 5.41) is 0. The first-order valence-corrected chi connectivity index (χ1v) is 6.09. The number of aromatic nitrogens is 2. The van der Waals surface area contributed by atoms with Crippen LogP contribution in [0.4, 0.5) is 0 Å². The van der Waals surface area contributed by atoms with E-state index in [2.05, 4.69) is 0 Å². The maximum Gasteiger partial charge on any atom is 0.335 e. The molecule has 0 saturated carbocycles. The van der Waals surface area contributed by atoms with Crippen LogP contribution < -0.4 is 11.2 Å². The van der Waals surface area contributed by atoms with Crippen molar-refractivity contribution in [2.45, 2.75) is 19.3 Å². The predicted octanol–water partition coefficient (Wildman–Crippen LogP) is 1.02. The summed E-state index contributed by atoms with van der Waals surface area (Å²) in [6.45, 7) is 0. The number of nitrogens with zero attached hydrogens (tertiary/aromatic N) is 2. The van der Waals surface area contributed by atoms with Gasteiger partial charge >= 0.3 is 5.69 Å². The van der Waals surface area contributed by atoms with Crippen LogP contribution in [0.2, 0.25) is 0 Å². The van der Waals surface area contributed by atoms with Crippen molar-refractivity contribution < 1.29 is 0 Å². The molecule has 1 aromatic carbocycles. The van der Waals surface area contributed by atoms with Gasteiger partial charge in [-0.25, -0.2) is 9.36 Å². The van der Waals surface area contributed by atoms with Crippen LogP contribution in [0.5, 0.6) is 0 Å². The second-order valence-electron chi connectivity index (χ2n) is 4.60. The first kappa shape index (κ1) is 11.0. The highest BCUT2D eigenvalue weighted by Gasteiger charge is 2.21. The summed E-state index contributed by atoms with van der Waals surface area (Å²) < 4.78 is 2.88. The average Bonchev–Trinajstić information content (AvgIpc) is 2.87. The fourth-order valence-electron chi connectivity index (χ4n) is 2.62. The molecule has 3 rings (SSSR count). The number of hydrogen-bond acceptors (Lipinski definition) is 2. The summed E-state index contributed by atoms with van der Waals surface area (Å²) in [5.74, 6) is 0. The molecule has 0 unspecified atom stereocenters. The van der Waals surface area contributed by atoms with E-state index >= 15 is 0 Å². The third kappa shape index (κ3) is 1.45. The molecule has 0 atom stereocenters. The lowest BCUT2D eigenvalue weighted by atomic mass is 10.2. The minimum absolute atomic E-state index is 0.156. The van der Waals surface area contributed by atoms with Crippen molar-refractivity contribution >= 4 is 0 Å². The molecule has 0 saturated heterocycles. The lowest BCUT2D eigenvalue weighted by Crippen LogP contribution is -2.40. The summed E-state index contributed by atoms with van der Waals surface area (Å²) in [5.41, 5.74) is 1.92. The Balaban J connectivity index is 2.39. The van der Waals surface area contributed by atoms with Gasteiger partial charge in [-0.3, -0.25) is 4.79 Å². The summed E-state index contributed by atoms with van der Waals surface area (Å²) in [6.07, 6.45) is 2.55. The van der Waals surface area contributed by atoms with Crippen molar-refractivity contribution in [2.24, 2.45) is 7.05 Å². The first-order valence-electron chi connectivity index (χ1n) is 6.09. The van der Waals surface area contributed by atoms with Crippen LogP contribution in [-0.2, 0) is 19.9 Å².